The second-order valence-electron chi connectivity index (χ2n) is 6.60. The van der Waals surface area contributed by atoms with Crippen LogP contribution in [0.1, 0.15) is 16.8 Å². The summed E-state index contributed by atoms with van der Waals surface area (Å²) in [5.41, 5.74) is 8.70. The van der Waals surface area contributed by atoms with Gasteiger partial charge in [-0.3, -0.25) is 9.78 Å². The molecule has 1 aliphatic rings. The van der Waals surface area contributed by atoms with Crippen LogP contribution in [0.2, 0.25) is 0 Å². The van der Waals surface area contributed by atoms with Crippen molar-refractivity contribution in [2.24, 2.45) is 10.7 Å². The zero-order valence-electron chi connectivity index (χ0n) is 15.9. The Morgan fingerprint density at radius 1 is 1.17 bits per heavy atom. The van der Waals surface area contributed by atoms with E-state index in [0.29, 0.717) is 48.1 Å². The topological polar surface area (TPSA) is 115 Å². The third kappa shape index (κ3) is 4.37. The number of fused-ring (bicyclic) bond motifs is 1. The number of nitrogens with one attached hydrogen (secondary N) is 2. The van der Waals surface area contributed by atoms with E-state index in [-0.39, 0.29) is 17.5 Å². The van der Waals surface area contributed by atoms with Crippen molar-refractivity contribution >= 4 is 17.6 Å². The van der Waals surface area contributed by atoms with Crippen molar-refractivity contribution in [1.29, 1.82) is 0 Å². The average molecular weight is 391 g/mol. The first-order valence-electron chi connectivity index (χ1n) is 9.23. The molecule has 148 valence electrons. The first-order valence-corrected chi connectivity index (χ1v) is 9.23. The summed E-state index contributed by atoms with van der Waals surface area (Å²) in [6.45, 7) is 2.82. The average Bonchev–Trinajstić information content (AvgIpc) is 2.71. The Hall–Kier alpha value is -3.81. The molecule has 0 spiro atoms. The van der Waals surface area contributed by atoms with Crippen molar-refractivity contribution in [3.63, 3.8) is 0 Å². The van der Waals surface area contributed by atoms with Crippen LogP contribution in [0.15, 0.2) is 58.3 Å². The van der Waals surface area contributed by atoms with Crippen molar-refractivity contribution in [2.75, 3.05) is 18.5 Å². The van der Waals surface area contributed by atoms with Crippen molar-refractivity contribution in [3.05, 3.63) is 75.7 Å². The third-order valence-corrected chi connectivity index (χ3v) is 4.47. The van der Waals surface area contributed by atoms with Gasteiger partial charge in [-0.05, 0) is 24.6 Å². The number of anilines is 1. The van der Waals surface area contributed by atoms with E-state index in [4.69, 9.17) is 15.2 Å². The monoisotopic (exact) mass is 391 g/mol. The number of aromatic nitrogens is 2. The first kappa shape index (κ1) is 18.5. The molecule has 0 radical (unpaired) electrons. The molecule has 29 heavy (non-hydrogen) atoms. The summed E-state index contributed by atoms with van der Waals surface area (Å²) in [5, 5.41) is 2.96. The van der Waals surface area contributed by atoms with Crippen LogP contribution in [0.3, 0.4) is 0 Å². The Morgan fingerprint density at radius 2 is 1.93 bits per heavy atom. The molecule has 4 N–H and O–H groups in total. The molecule has 0 bridgehead atoms. The third-order valence-electron chi connectivity index (χ3n) is 4.47. The lowest BCUT2D eigenvalue weighted by atomic mass is 10.1. The zero-order chi connectivity index (χ0) is 20.2. The van der Waals surface area contributed by atoms with Crippen molar-refractivity contribution < 1.29 is 9.47 Å². The molecule has 3 aromatic rings. The number of guanidine groups is 1. The second kappa shape index (κ2) is 8.05. The van der Waals surface area contributed by atoms with E-state index in [0.717, 1.165) is 5.56 Å². The molecule has 8 heteroatoms. The standard InChI is InChI=1S/C21H21N5O3/c1-13-16(11-14-5-3-2-4-6-14)19(27)25-21(23-13)26-20(22)24-15-7-8-17-18(12-15)29-10-9-28-17/h2-8,12H,9-11H2,1H3,(H4,22,23,24,25,26,27). The predicted molar refractivity (Wildman–Crippen MR) is 111 cm³/mol. The first-order chi connectivity index (χ1) is 14.1. The number of aliphatic imine (C=N–C) groups is 1. The van der Waals surface area contributed by atoms with E-state index in [1.165, 1.54) is 0 Å². The van der Waals surface area contributed by atoms with Crippen molar-refractivity contribution in [1.82, 2.24) is 9.97 Å². The van der Waals surface area contributed by atoms with Gasteiger partial charge in [0.25, 0.3) is 5.56 Å². The maximum absolute atomic E-state index is 12.5. The van der Waals surface area contributed by atoms with Gasteiger partial charge in [0.05, 0.1) is 5.69 Å². The van der Waals surface area contributed by atoms with E-state index in [9.17, 15) is 4.79 Å². The van der Waals surface area contributed by atoms with Gasteiger partial charge < -0.3 is 20.5 Å². The van der Waals surface area contributed by atoms with E-state index in [1.54, 1.807) is 25.1 Å². The highest BCUT2D eigenvalue weighted by atomic mass is 16.6. The van der Waals surface area contributed by atoms with Crippen LogP contribution in [-0.2, 0) is 6.42 Å². The van der Waals surface area contributed by atoms with Gasteiger partial charge in [0.15, 0.2) is 11.5 Å². The van der Waals surface area contributed by atoms with Crippen LogP contribution in [0.5, 0.6) is 11.5 Å². The van der Waals surface area contributed by atoms with Crippen LogP contribution >= 0.6 is 0 Å². The Kier molecular flexibility index (Phi) is 5.15. The molecule has 2 aromatic carbocycles. The lowest BCUT2D eigenvalue weighted by Gasteiger charge is -2.19. The normalized spacial score (nSPS) is 13.2. The Bertz CT molecular complexity index is 1110. The van der Waals surface area contributed by atoms with Gasteiger partial charge >= 0.3 is 0 Å². The lowest BCUT2D eigenvalue weighted by Crippen LogP contribution is -2.23. The Morgan fingerprint density at radius 3 is 2.69 bits per heavy atom. The molecule has 0 fully saturated rings. The van der Waals surface area contributed by atoms with Crippen molar-refractivity contribution in [3.8, 4) is 11.5 Å². The fourth-order valence-electron chi connectivity index (χ4n) is 3.07. The molecule has 0 saturated carbocycles. The summed E-state index contributed by atoms with van der Waals surface area (Å²) in [4.78, 5) is 23.7. The second-order valence-corrected chi connectivity index (χ2v) is 6.60. The molecule has 0 aliphatic carbocycles. The number of ether oxygens (including phenoxy) is 2. The molecule has 1 aliphatic heterocycles. The fraction of sp³-hybridized carbons (Fsp3) is 0.190. The lowest BCUT2D eigenvalue weighted by molar-refractivity contribution is 0.171. The highest BCUT2D eigenvalue weighted by Crippen LogP contribution is 2.32. The number of H-pyrrole nitrogens is 1. The number of nitrogens with two attached hydrogens (primary N) is 1. The van der Waals surface area contributed by atoms with Gasteiger partial charge in [-0.25, -0.2) is 4.98 Å². The van der Waals surface area contributed by atoms with Gasteiger partial charge in [0.2, 0.25) is 11.9 Å². The van der Waals surface area contributed by atoms with Crippen LogP contribution in [0.25, 0.3) is 0 Å². The van der Waals surface area contributed by atoms with Crippen molar-refractivity contribution in [2.45, 2.75) is 13.3 Å². The van der Waals surface area contributed by atoms with E-state index < -0.39 is 0 Å². The van der Waals surface area contributed by atoms with Crippen LogP contribution in [0.4, 0.5) is 11.6 Å². The minimum Gasteiger partial charge on any atom is -0.486 e. The Labute approximate surface area is 167 Å². The molecular formula is C21H21N5O3. The van der Waals surface area contributed by atoms with Gasteiger partial charge in [-0.2, -0.15) is 4.99 Å². The Balaban J connectivity index is 1.52. The number of aromatic amines is 1. The van der Waals surface area contributed by atoms with Crippen LogP contribution in [-0.4, -0.2) is 29.1 Å². The summed E-state index contributed by atoms with van der Waals surface area (Å²) in [7, 11) is 0. The van der Waals surface area contributed by atoms with Gasteiger partial charge in [0.1, 0.15) is 13.2 Å². The molecular weight excluding hydrogens is 370 g/mol. The summed E-state index contributed by atoms with van der Waals surface area (Å²) in [6.07, 6.45) is 0.504. The van der Waals surface area contributed by atoms with Crippen LogP contribution < -0.4 is 26.1 Å². The molecule has 0 unspecified atom stereocenters. The molecule has 2 heterocycles. The number of rotatable bonds is 4. The summed E-state index contributed by atoms with van der Waals surface area (Å²) in [6, 6.07) is 15.1. The van der Waals surface area contributed by atoms with Gasteiger partial charge in [-0.15, -0.1) is 0 Å². The highest BCUT2D eigenvalue weighted by Gasteiger charge is 2.12. The van der Waals surface area contributed by atoms with E-state index in [2.05, 4.69) is 20.3 Å². The maximum atomic E-state index is 12.5. The largest absolute Gasteiger partial charge is 0.486 e. The number of hydrogen-bond donors (Lipinski definition) is 3. The summed E-state index contributed by atoms with van der Waals surface area (Å²) >= 11 is 0. The molecule has 1 aromatic heterocycles. The quantitative estimate of drug-likeness (QED) is 0.465. The van der Waals surface area contributed by atoms with E-state index in [1.807, 2.05) is 30.3 Å². The smallest absolute Gasteiger partial charge is 0.256 e. The number of aryl methyl sites for hydroxylation is 1. The van der Waals surface area contributed by atoms with Gasteiger partial charge in [-0.1, -0.05) is 30.3 Å². The summed E-state index contributed by atoms with van der Waals surface area (Å²) < 4.78 is 11.0. The summed E-state index contributed by atoms with van der Waals surface area (Å²) in [5.74, 6) is 1.57. The SMILES string of the molecule is Cc1nc(/N=C(\N)Nc2ccc3c(c2)OCCO3)[nH]c(=O)c1Cc1ccccc1. The van der Waals surface area contributed by atoms with Crippen LogP contribution in [0, 0.1) is 6.92 Å². The molecule has 8 nitrogen and oxygen atoms in total. The van der Waals surface area contributed by atoms with E-state index >= 15 is 0 Å². The minimum atomic E-state index is -0.229. The molecule has 0 atom stereocenters. The number of nitrogens with zero attached hydrogens (tertiary/aromatic N) is 2. The predicted octanol–water partition coefficient (Wildman–Crippen LogP) is 2.50. The minimum absolute atomic E-state index is 0.0973. The fourth-order valence-corrected chi connectivity index (χ4v) is 3.07. The molecule has 4 rings (SSSR count). The zero-order valence-corrected chi connectivity index (χ0v) is 15.9. The molecule has 0 amide bonds. The number of hydrogen-bond acceptors (Lipinski definition) is 5. The highest BCUT2D eigenvalue weighted by molar-refractivity contribution is 5.93. The maximum Gasteiger partial charge on any atom is 0.256 e. The molecule has 0 saturated heterocycles. The number of benzene rings is 2. The van der Waals surface area contributed by atoms with Gasteiger partial charge in [0, 0.05) is 23.7 Å².